The van der Waals surface area contributed by atoms with Crippen LogP contribution in [-0.2, 0) is 5.41 Å². The first kappa shape index (κ1) is 36.3. The summed E-state index contributed by atoms with van der Waals surface area (Å²) >= 11 is 0. The van der Waals surface area contributed by atoms with Crippen LogP contribution in [0.4, 0.5) is 17.1 Å². The van der Waals surface area contributed by atoms with Crippen LogP contribution >= 0.6 is 0 Å². The summed E-state index contributed by atoms with van der Waals surface area (Å²) in [6.07, 6.45) is 11.5. The highest BCUT2D eigenvalue weighted by atomic mass is 16.3. The van der Waals surface area contributed by atoms with E-state index in [1.54, 1.807) is 6.08 Å². The summed E-state index contributed by atoms with van der Waals surface area (Å²) < 4.78 is 8.74. The van der Waals surface area contributed by atoms with Gasteiger partial charge in [0.05, 0.1) is 11.0 Å². The molecule has 0 atom stereocenters. The molecule has 0 radical (unpaired) electrons. The fraction of sp³-hybridized carbons (Fsp3) is 0.0690. The molecule has 8 aromatic carbocycles. The van der Waals surface area contributed by atoms with Gasteiger partial charge in [-0.25, -0.2) is 0 Å². The summed E-state index contributed by atoms with van der Waals surface area (Å²) in [6, 6.07) is 63.8. The molecule has 2 heterocycles. The van der Waals surface area contributed by atoms with Crippen LogP contribution in [0.25, 0.3) is 77.3 Å². The number of terminal acetylenes is 1. The normalized spacial score (nSPS) is 13.3. The van der Waals surface area contributed by atoms with Crippen molar-refractivity contribution < 1.29 is 4.42 Å². The average molecular weight is 783 g/mol. The van der Waals surface area contributed by atoms with E-state index in [9.17, 15) is 0 Å². The highest BCUT2D eigenvalue weighted by Crippen LogP contribution is 2.51. The second-order valence-corrected chi connectivity index (χ2v) is 16.4. The molecule has 0 saturated heterocycles. The van der Waals surface area contributed by atoms with Gasteiger partial charge in [0, 0.05) is 49.7 Å². The van der Waals surface area contributed by atoms with Gasteiger partial charge in [0.15, 0.2) is 0 Å². The summed E-state index contributed by atoms with van der Waals surface area (Å²) in [5.41, 5.74) is 18.1. The van der Waals surface area contributed by atoms with E-state index >= 15 is 0 Å². The molecule has 0 fully saturated rings. The van der Waals surface area contributed by atoms with Crippen molar-refractivity contribution in [3.63, 3.8) is 0 Å². The number of rotatable bonds is 7. The number of allylic oxidation sites excluding steroid dienone is 4. The predicted octanol–water partition coefficient (Wildman–Crippen LogP) is 15.7. The largest absolute Gasteiger partial charge is 0.456 e. The molecule has 10 aromatic rings. The van der Waals surface area contributed by atoms with Crippen molar-refractivity contribution in [1.82, 2.24) is 4.57 Å². The maximum atomic E-state index is 6.35. The zero-order valence-electron chi connectivity index (χ0n) is 34.4. The number of hydrogen-bond donors (Lipinski definition) is 0. The van der Waals surface area contributed by atoms with E-state index in [2.05, 4.69) is 206 Å². The van der Waals surface area contributed by atoms with E-state index in [0.29, 0.717) is 0 Å². The van der Waals surface area contributed by atoms with E-state index in [-0.39, 0.29) is 5.41 Å². The summed E-state index contributed by atoms with van der Waals surface area (Å²) in [7, 11) is 0. The molecule has 0 bridgehead atoms. The Hall–Kier alpha value is -7.80. The molecule has 1 aliphatic rings. The first-order chi connectivity index (χ1) is 29.9. The van der Waals surface area contributed by atoms with Crippen LogP contribution in [0.1, 0.15) is 37.5 Å². The molecular weight excluding hydrogens is 741 g/mol. The van der Waals surface area contributed by atoms with Crippen LogP contribution in [0.5, 0.6) is 0 Å². The van der Waals surface area contributed by atoms with Gasteiger partial charge in [0.1, 0.15) is 11.2 Å². The van der Waals surface area contributed by atoms with Crippen molar-refractivity contribution in [1.29, 1.82) is 0 Å². The lowest BCUT2D eigenvalue weighted by Crippen LogP contribution is -2.17. The Morgan fingerprint density at radius 3 is 1.97 bits per heavy atom. The molecule has 0 unspecified atom stereocenters. The van der Waals surface area contributed by atoms with E-state index in [4.69, 9.17) is 10.8 Å². The molecule has 290 valence electrons. The number of fused-ring (bicyclic) bond motifs is 9. The highest BCUT2D eigenvalue weighted by Gasteiger charge is 2.36. The number of para-hydroxylation sites is 2. The zero-order valence-corrected chi connectivity index (χ0v) is 34.4. The molecule has 0 saturated carbocycles. The van der Waals surface area contributed by atoms with E-state index in [1.807, 2.05) is 18.2 Å². The lowest BCUT2D eigenvalue weighted by Gasteiger charge is -2.28. The third kappa shape index (κ3) is 5.83. The Kier molecular flexibility index (Phi) is 8.44. The zero-order chi connectivity index (χ0) is 41.2. The number of anilines is 3. The van der Waals surface area contributed by atoms with Crippen molar-refractivity contribution in [3.8, 4) is 40.3 Å². The molecule has 0 aliphatic heterocycles. The van der Waals surface area contributed by atoms with Crippen LogP contribution in [0.15, 0.2) is 199 Å². The van der Waals surface area contributed by atoms with Crippen LogP contribution < -0.4 is 4.90 Å². The molecule has 0 N–H and O–H groups in total. The number of benzene rings is 8. The van der Waals surface area contributed by atoms with E-state index in [1.165, 1.54) is 49.7 Å². The van der Waals surface area contributed by atoms with Gasteiger partial charge in [-0.1, -0.05) is 123 Å². The third-order valence-electron chi connectivity index (χ3n) is 12.7. The number of aromatic nitrogens is 1. The van der Waals surface area contributed by atoms with Crippen molar-refractivity contribution in [3.05, 3.63) is 211 Å². The Labute approximate surface area is 356 Å². The van der Waals surface area contributed by atoms with Gasteiger partial charge in [0.25, 0.3) is 0 Å². The quantitative estimate of drug-likeness (QED) is 0.119. The van der Waals surface area contributed by atoms with Gasteiger partial charge < -0.3 is 13.9 Å². The van der Waals surface area contributed by atoms with Crippen molar-refractivity contribution in [2.75, 3.05) is 4.90 Å². The number of hydrogen-bond acceptors (Lipinski definition) is 2. The first-order valence-corrected chi connectivity index (χ1v) is 20.9. The second-order valence-electron chi connectivity index (χ2n) is 16.4. The Bertz CT molecular complexity index is 3440. The van der Waals surface area contributed by atoms with Gasteiger partial charge in [-0.15, -0.1) is 6.42 Å². The van der Waals surface area contributed by atoms with Gasteiger partial charge in [0.2, 0.25) is 0 Å². The number of furan rings is 1. The second kappa shape index (κ2) is 14.2. The third-order valence-corrected chi connectivity index (χ3v) is 12.7. The van der Waals surface area contributed by atoms with Crippen LogP contribution in [0.3, 0.4) is 0 Å². The van der Waals surface area contributed by atoms with Crippen molar-refractivity contribution in [2.45, 2.75) is 26.2 Å². The summed E-state index contributed by atoms with van der Waals surface area (Å²) in [5.74, 6) is 2.64. The maximum absolute atomic E-state index is 6.35. The fourth-order valence-electron chi connectivity index (χ4n) is 9.64. The molecule has 11 rings (SSSR count). The average Bonchev–Trinajstić information content (AvgIpc) is 3.91. The summed E-state index contributed by atoms with van der Waals surface area (Å²) in [6.45, 7) is 6.75. The molecular formula is C58H42N2O. The highest BCUT2D eigenvalue weighted by molar-refractivity contribution is 6.17. The van der Waals surface area contributed by atoms with Crippen LogP contribution in [0, 0.1) is 12.3 Å². The predicted molar refractivity (Wildman–Crippen MR) is 257 cm³/mol. The smallest absolute Gasteiger partial charge is 0.136 e. The Morgan fingerprint density at radius 2 is 1.21 bits per heavy atom. The van der Waals surface area contributed by atoms with Gasteiger partial charge in [-0.2, -0.15) is 0 Å². The molecule has 2 aromatic heterocycles. The first-order valence-electron chi connectivity index (χ1n) is 20.9. The lowest BCUT2D eigenvalue weighted by molar-refractivity contribution is 0.660. The summed E-state index contributed by atoms with van der Waals surface area (Å²) in [4.78, 5) is 2.39. The minimum atomic E-state index is -0.222. The summed E-state index contributed by atoms with van der Waals surface area (Å²) in [5, 5.41) is 4.62. The molecule has 0 spiro atoms. The van der Waals surface area contributed by atoms with Gasteiger partial charge >= 0.3 is 0 Å². The monoisotopic (exact) mass is 782 g/mol. The molecule has 1 aliphatic carbocycles. The molecule has 3 heteroatoms. The van der Waals surface area contributed by atoms with Crippen molar-refractivity contribution in [2.24, 2.45) is 0 Å². The standard InChI is InChI=1S/C58H42N2O/c1-5-7-15-38(6-2)41-24-32-46-47-33-31-45(35-53(47)58(3,4)52(46)34-41)59(42-25-22-40(23-26-42)39-16-9-8-10-17-39)43-27-29-44(30-28-43)60-54-20-13-11-18-48(54)50-37-57-51(36-55(50)60)49-19-12-14-21-56(49)61-57/h1,6-37H,2-4H3. The Balaban J connectivity index is 1.04. The van der Waals surface area contributed by atoms with Gasteiger partial charge in [-0.05, 0) is 142 Å². The Morgan fingerprint density at radius 1 is 0.574 bits per heavy atom. The van der Waals surface area contributed by atoms with Crippen LogP contribution in [-0.4, -0.2) is 4.57 Å². The topological polar surface area (TPSA) is 21.3 Å². The van der Waals surface area contributed by atoms with E-state index < -0.39 is 0 Å². The molecule has 0 amide bonds. The molecule has 3 nitrogen and oxygen atoms in total. The number of nitrogens with zero attached hydrogens (tertiary/aromatic N) is 2. The fourth-order valence-corrected chi connectivity index (χ4v) is 9.64. The van der Waals surface area contributed by atoms with Crippen LogP contribution in [0.2, 0.25) is 0 Å². The SMILES string of the molecule is C#CC=CC(=CC)c1ccc2c(c1)C(C)(C)c1cc(N(c3ccc(-c4ccccc4)cc3)c3ccc(-n4c5ccccc5c5cc6oc7ccccc7c6cc54)cc3)ccc1-2. The minimum Gasteiger partial charge on any atom is -0.456 e. The van der Waals surface area contributed by atoms with Crippen molar-refractivity contribution >= 4 is 66.4 Å². The lowest BCUT2D eigenvalue weighted by atomic mass is 9.81. The maximum Gasteiger partial charge on any atom is 0.136 e. The van der Waals surface area contributed by atoms with Gasteiger partial charge in [-0.3, -0.25) is 0 Å². The minimum absolute atomic E-state index is 0.222. The van der Waals surface area contributed by atoms with E-state index in [0.717, 1.165) is 61.3 Å². The molecule has 61 heavy (non-hydrogen) atoms.